The molecule has 176 valence electrons. The van der Waals surface area contributed by atoms with Crippen LogP contribution in [-0.4, -0.2) is 50.6 Å². The summed E-state index contributed by atoms with van der Waals surface area (Å²) >= 11 is 0. The number of carbonyl (C=O) groups excluding carboxylic acids is 1. The number of furan rings is 1. The van der Waals surface area contributed by atoms with E-state index in [1.807, 2.05) is 19.9 Å². The Morgan fingerprint density at radius 1 is 1.25 bits per heavy atom. The van der Waals surface area contributed by atoms with E-state index in [2.05, 4.69) is 25.8 Å². The van der Waals surface area contributed by atoms with Crippen molar-refractivity contribution in [3.63, 3.8) is 0 Å². The van der Waals surface area contributed by atoms with Gasteiger partial charge in [-0.2, -0.15) is 0 Å². The van der Waals surface area contributed by atoms with Gasteiger partial charge in [-0.05, 0) is 57.4 Å². The highest BCUT2D eigenvalue weighted by Gasteiger charge is 2.20. The number of nitrogens with one attached hydrogen (secondary N) is 3. The normalized spacial score (nSPS) is 14.6. The smallest absolute Gasteiger partial charge is 0.287 e. The molecule has 1 aliphatic heterocycles. The lowest BCUT2D eigenvalue weighted by Gasteiger charge is -2.34. The van der Waals surface area contributed by atoms with Crippen molar-refractivity contribution in [2.75, 3.05) is 37.6 Å². The lowest BCUT2D eigenvalue weighted by Crippen LogP contribution is -2.48. The third-order valence-electron chi connectivity index (χ3n) is 5.31. The Labute approximate surface area is 206 Å². The standard InChI is InChI=1S/C23H32FN5O2.HI/c1-3-25-23(27-12-5-11-26-22(30)21-17(2)10-15-31-21)28-19-8-13-29(14-9-19)20-7-4-6-18(24)16-20;/h4,6-7,10,15-16,19H,3,5,8-9,11-14H2,1-2H3,(H,26,30)(H2,25,27,28);1H. The summed E-state index contributed by atoms with van der Waals surface area (Å²) in [5.74, 6) is 0.763. The fraction of sp³-hybridized carbons (Fsp3) is 0.478. The third kappa shape index (κ3) is 7.68. The first kappa shape index (κ1) is 26.0. The van der Waals surface area contributed by atoms with Gasteiger partial charge in [0.25, 0.3) is 5.91 Å². The predicted molar refractivity (Wildman–Crippen MR) is 137 cm³/mol. The van der Waals surface area contributed by atoms with Crippen LogP contribution in [0.1, 0.15) is 42.3 Å². The summed E-state index contributed by atoms with van der Waals surface area (Å²) in [5, 5.41) is 9.65. The number of guanidine groups is 1. The fourth-order valence-corrected chi connectivity index (χ4v) is 3.63. The van der Waals surface area contributed by atoms with E-state index in [4.69, 9.17) is 4.42 Å². The largest absolute Gasteiger partial charge is 0.459 e. The number of hydrogen-bond acceptors (Lipinski definition) is 4. The Morgan fingerprint density at radius 3 is 2.69 bits per heavy atom. The second-order valence-electron chi connectivity index (χ2n) is 7.69. The van der Waals surface area contributed by atoms with Crippen molar-refractivity contribution in [1.29, 1.82) is 0 Å². The van der Waals surface area contributed by atoms with Gasteiger partial charge in [0.15, 0.2) is 11.7 Å². The van der Waals surface area contributed by atoms with Crippen molar-refractivity contribution in [2.45, 2.75) is 39.2 Å². The van der Waals surface area contributed by atoms with E-state index in [1.165, 1.54) is 12.3 Å². The maximum Gasteiger partial charge on any atom is 0.287 e. The minimum absolute atomic E-state index is 0. The van der Waals surface area contributed by atoms with Crippen LogP contribution >= 0.6 is 24.0 Å². The first-order chi connectivity index (χ1) is 15.1. The Hall–Kier alpha value is -2.30. The summed E-state index contributed by atoms with van der Waals surface area (Å²) in [6, 6.07) is 8.86. The van der Waals surface area contributed by atoms with Gasteiger partial charge in [0, 0.05) is 50.0 Å². The molecule has 1 amide bonds. The van der Waals surface area contributed by atoms with Crippen LogP contribution in [0.3, 0.4) is 0 Å². The van der Waals surface area contributed by atoms with Crippen molar-refractivity contribution >= 4 is 41.5 Å². The molecule has 1 aromatic carbocycles. The molecule has 32 heavy (non-hydrogen) atoms. The number of aliphatic imine (C=N–C) groups is 1. The van der Waals surface area contributed by atoms with Crippen LogP contribution < -0.4 is 20.9 Å². The molecule has 2 heterocycles. The molecule has 0 saturated carbocycles. The van der Waals surface area contributed by atoms with E-state index in [1.54, 1.807) is 18.2 Å². The van der Waals surface area contributed by atoms with E-state index >= 15 is 0 Å². The quantitative estimate of drug-likeness (QED) is 0.200. The first-order valence-corrected chi connectivity index (χ1v) is 10.9. The molecule has 0 bridgehead atoms. The number of aryl methyl sites for hydroxylation is 1. The van der Waals surface area contributed by atoms with E-state index < -0.39 is 0 Å². The number of hydrogen-bond donors (Lipinski definition) is 3. The van der Waals surface area contributed by atoms with Crippen molar-refractivity contribution in [3.8, 4) is 0 Å². The predicted octanol–water partition coefficient (Wildman–Crippen LogP) is 3.69. The number of rotatable bonds is 8. The van der Waals surface area contributed by atoms with E-state index in [0.29, 0.717) is 24.9 Å². The van der Waals surface area contributed by atoms with Crippen LogP contribution in [0.15, 0.2) is 46.0 Å². The van der Waals surface area contributed by atoms with Gasteiger partial charge < -0.3 is 25.3 Å². The molecule has 0 unspecified atom stereocenters. The molecule has 9 heteroatoms. The third-order valence-corrected chi connectivity index (χ3v) is 5.31. The number of nitrogens with zero attached hydrogens (tertiary/aromatic N) is 2. The monoisotopic (exact) mass is 557 g/mol. The van der Waals surface area contributed by atoms with E-state index in [0.717, 1.165) is 56.1 Å². The van der Waals surface area contributed by atoms with Crippen LogP contribution in [0.2, 0.25) is 0 Å². The first-order valence-electron chi connectivity index (χ1n) is 10.9. The van der Waals surface area contributed by atoms with Gasteiger partial charge in [-0.25, -0.2) is 4.39 Å². The molecule has 0 atom stereocenters. The Bertz CT molecular complexity index is 881. The highest BCUT2D eigenvalue weighted by molar-refractivity contribution is 14.0. The van der Waals surface area contributed by atoms with Crippen LogP contribution in [-0.2, 0) is 0 Å². The van der Waals surface area contributed by atoms with Crippen molar-refractivity contribution < 1.29 is 13.6 Å². The van der Waals surface area contributed by atoms with Gasteiger partial charge >= 0.3 is 0 Å². The van der Waals surface area contributed by atoms with Crippen molar-refractivity contribution in [1.82, 2.24) is 16.0 Å². The van der Waals surface area contributed by atoms with Gasteiger partial charge in [0.05, 0.1) is 6.26 Å². The highest BCUT2D eigenvalue weighted by atomic mass is 127. The molecule has 2 aromatic rings. The minimum atomic E-state index is -0.199. The van der Waals surface area contributed by atoms with Gasteiger partial charge in [0.1, 0.15) is 5.82 Å². The van der Waals surface area contributed by atoms with E-state index in [9.17, 15) is 9.18 Å². The molecule has 0 radical (unpaired) electrons. The topological polar surface area (TPSA) is 81.9 Å². The summed E-state index contributed by atoms with van der Waals surface area (Å²) in [6.45, 7) is 7.55. The van der Waals surface area contributed by atoms with Crippen LogP contribution in [0.4, 0.5) is 10.1 Å². The molecule has 1 saturated heterocycles. The molecule has 3 rings (SSSR count). The summed E-state index contributed by atoms with van der Waals surface area (Å²) in [4.78, 5) is 18.9. The molecule has 1 aromatic heterocycles. The molecule has 7 nitrogen and oxygen atoms in total. The molecule has 1 aliphatic rings. The average molecular weight is 557 g/mol. The maximum absolute atomic E-state index is 13.5. The number of carbonyl (C=O) groups is 1. The summed E-state index contributed by atoms with van der Waals surface area (Å²) < 4.78 is 18.7. The minimum Gasteiger partial charge on any atom is -0.459 e. The number of anilines is 1. The zero-order chi connectivity index (χ0) is 22.1. The van der Waals surface area contributed by atoms with Crippen LogP contribution in [0, 0.1) is 12.7 Å². The van der Waals surface area contributed by atoms with Gasteiger partial charge in [-0.3, -0.25) is 9.79 Å². The number of halogens is 2. The SMILES string of the molecule is CCNC(=NCCCNC(=O)c1occc1C)NC1CCN(c2cccc(F)c2)CC1.I. The summed E-state index contributed by atoms with van der Waals surface area (Å²) in [6.07, 6.45) is 4.17. The Morgan fingerprint density at radius 2 is 2.03 bits per heavy atom. The van der Waals surface area contributed by atoms with E-state index in [-0.39, 0.29) is 35.7 Å². The molecular weight excluding hydrogens is 524 g/mol. The maximum atomic E-state index is 13.5. The summed E-state index contributed by atoms with van der Waals surface area (Å²) in [5.41, 5.74) is 1.77. The highest BCUT2D eigenvalue weighted by Crippen LogP contribution is 2.20. The van der Waals surface area contributed by atoms with Gasteiger partial charge in [-0.15, -0.1) is 24.0 Å². The van der Waals surface area contributed by atoms with Crippen molar-refractivity contribution in [2.24, 2.45) is 4.99 Å². The average Bonchev–Trinajstić information content (AvgIpc) is 3.20. The number of amides is 1. The zero-order valence-corrected chi connectivity index (χ0v) is 21.0. The van der Waals surface area contributed by atoms with Gasteiger partial charge in [-0.1, -0.05) is 6.07 Å². The van der Waals surface area contributed by atoms with Gasteiger partial charge in [0.2, 0.25) is 0 Å². The molecule has 1 fully saturated rings. The Balaban J connectivity index is 0.00000363. The second kappa shape index (κ2) is 13.3. The second-order valence-corrected chi connectivity index (χ2v) is 7.69. The molecule has 0 aliphatic carbocycles. The number of benzene rings is 1. The fourth-order valence-electron chi connectivity index (χ4n) is 3.63. The van der Waals surface area contributed by atoms with Crippen LogP contribution in [0.5, 0.6) is 0 Å². The molecule has 3 N–H and O–H groups in total. The lowest BCUT2D eigenvalue weighted by atomic mass is 10.0. The molecule has 0 spiro atoms. The van der Waals surface area contributed by atoms with Crippen LogP contribution in [0.25, 0.3) is 0 Å². The molecular formula is C23H33FIN5O2. The zero-order valence-electron chi connectivity index (χ0n) is 18.7. The summed E-state index contributed by atoms with van der Waals surface area (Å²) in [7, 11) is 0. The lowest BCUT2D eigenvalue weighted by molar-refractivity contribution is 0.0925. The van der Waals surface area contributed by atoms with Crippen molar-refractivity contribution in [3.05, 3.63) is 53.7 Å². The Kier molecular flexibility index (Phi) is 10.8. The number of piperidine rings is 1.